The van der Waals surface area contributed by atoms with Gasteiger partial charge in [0.15, 0.2) is 0 Å². The smallest absolute Gasteiger partial charge is 0.241 e. The molecular formula is C27H25N5OS3. The van der Waals surface area contributed by atoms with E-state index >= 15 is 0 Å². The lowest BCUT2D eigenvalue weighted by atomic mass is 9.87. The quantitative estimate of drug-likeness (QED) is 0.184. The van der Waals surface area contributed by atoms with E-state index in [0.29, 0.717) is 5.95 Å². The molecule has 9 heteroatoms. The lowest BCUT2D eigenvalue weighted by molar-refractivity contribution is -0.113. The van der Waals surface area contributed by atoms with Gasteiger partial charge in [0, 0.05) is 16.5 Å². The molecule has 182 valence electrons. The fraction of sp³-hybridized carbons (Fsp3) is 0.222. The average Bonchev–Trinajstić information content (AvgIpc) is 3.50. The molecule has 0 aliphatic carbocycles. The highest BCUT2D eigenvalue weighted by Crippen LogP contribution is 2.38. The molecule has 3 heterocycles. The van der Waals surface area contributed by atoms with Crippen molar-refractivity contribution in [2.75, 3.05) is 11.1 Å². The minimum Gasteiger partial charge on any atom is -0.293 e. The third-order valence-electron chi connectivity index (χ3n) is 5.71. The molecule has 0 aliphatic rings. The van der Waals surface area contributed by atoms with Crippen molar-refractivity contribution in [3.8, 4) is 21.7 Å². The van der Waals surface area contributed by atoms with Crippen molar-refractivity contribution in [1.82, 2.24) is 19.3 Å². The van der Waals surface area contributed by atoms with Crippen LogP contribution in [-0.2, 0) is 10.2 Å². The number of hydrogen-bond donors (Lipinski definition) is 1. The van der Waals surface area contributed by atoms with Gasteiger partial charge in [-0.2, -0.15) is 9.36 Å². The van der Waals surface area contributed by atoms with Crippen molar-refractivity contribution in [3.63, 3.8) is 0 Å². The van der Waals surface area contributed by atoms with Crippen LogP contribution in [0.15, 0.2) is 65.3 Å². The zero-order valence-corrected chi connectivity index (χ0v) is 22.9. The van der Waals surface area contributed by atoms with Crippen molar-refractivity contribution in [1.29, 1.82) is 0 Å². The molecule has 0 unspecified atom stereocenters. The Morgan fingerprint density at radius 1 is 1.00 bits per heavy atom. The number of benzene rings is 2. The molecule has 0 atom stereocenters. The number of rotatable bonds is 6. The van der Waals surface area contributed by atoms with E-state index in [1.54, 1.807) is 17.7 Å². The van der Waals surface area contributed by atoms with E-state index in [1.165, 1.54) is 34.4 Å². The molecule has 0 saturated heterocycles. The van der Waals surface area contributed by atoms with Gasteiger partial charge >= 0.3 is 0 Å². The van der Waals surface area contributed by atoms with Crippen LogP contribution in [0, 0.1) is 6.92 Å². The van der Waals surface area contributed by atoms with Gasteiger partial charge < -0.3 is 0 Å². The van der Waals surface area contributed by atoms with Crippen LogP contribution in [0.25, 0.3) is 31.9 Å². The largest absolute Gasteiger partial charge is 0.293 e. The van der Waals surface area contributed by atoms with Crippen LogP contribution >= 0.6 is 34.6 Å². The van der Waals surface area contributed by atoms with Crippen molar-refractivity contribution >= 4 is 56.7 Å². The first-order valence-electron chi connectivity index (χ1n) is 11.4. The summed E-state index contributed by atoms with van der Waals surface area (Å²) in [5, 5.41) is 7.47. The standard InChI is InChI=1S/C27H25N5OS3/c1-16-5-7-17(8-6-16)20-13-34-24-22(20)25(29-15-28-24)35-14-21(33)30-26-31-23(36-32-26)18-9-11-19(12-10-18)27(2,3)4/h5-13,15H,14H2,1-4H3,(H,30,32,33). The molecule has 6 nitrogen and oxygen atoms in total. The zero-order valence-electron chi connectivity index (χ0n) is 20.4. The van der Waals surface area contributed by atoms with Gasteiger partial charge in [-0.05, 0) is 35.0 Å². The highest BCUT2D eigenvalue weighted by molar-refractivity contribution is 8.00. The Hall–Kier alpha value is -3.14. The van der Waals surface area contributed by atoms with Gasteiger partial charge in [0.1, 0.15) is 21.2 Å². The number of nitrogens with one attached hydrogen (secondary N) is 1. The minimum absolute atomic E-state index is 0.0929. The summed E-state index contributed by atoms with van der Waals surface area (Å²) in [4.78, 5) is 27.0. The van der Waals surface area contributed by atoms with E-state index in [2.05, 4.69) is 106 Å². The van der Waals surface area contributed by atoms with E-state index in [4.69, 9.17) is 0 Å². The topological polar surface area (TPSA) is 80.7 Å². The third-order valence-corrected chi connectivity index (χ3v) is 8.35. The molecular weight excluding hydrogens is 507 g/mol. The van der Waals surface area contributed by atoms with Crippen LogP contribution in [0.2, 0.25) is 0 Å². The van der Waals surface area contributed by atoms with Crippen molar-refractivity contribution in [2.24, 2.45) is 0 Å². The van der Waals surface area contributed by atoms with Gasteiger partial charge in [0.05, 0.1) is 11.1 Å². The highest BCUT2D eigenvalue weighted by atomic mass is 32.2. The van der Waals surface area contributed by atoms with Crippen LogP contribution < -0.4 is 5.32 Å². The van der Waals surface area contributed by atoms with Crippen LogP contribution in [-0.4, -0.2) is 31.0 Å². The summed E-state index contributed by atoms with van der Waals surface area (Å²) in [6.07, 6.45) is 1.55. The summed E-state index contributed by atoms with van der Waals surface area (Å²) < 4.78 is 4.33. The monoisotopic (exact) mass is 531 g/mol. The Morgan fingerprint density at radius 2 is 1.72 bits per heavy atom. The number of anilines is 1. The van der Waals surface area contributed by atoms with E-state index < -0.39 is 0 Å². The number of thiophene rings is 1. The van der Waals surface area contributed by atoms with E-state index in [9.17, 15) is 4.79 Å². The molecule has 0 spiro atoms. The number of aromatic nitrogens is 4. The van der Waals surface area contributed by atoms with Crippen LogP contribution in [0.4, 0.5) is 5.95 Å². The van der Waals surface area contributed by atoms with Crippen LogP contribution in [0.1, 0.15) is 31.9 Å². The summed E-state index contributed by atoms with van der Waals surface area (Å²) in [5.41, 5.74) is 5.75. The van der Waals surface area contributed by atoms with E-state index in [0.717, 1.165) is 36.9 Å². The normalized spacial score (nSPS) is 11.7. The van der Waals surface area contributed by atoms with Gasteiger partial charge in [-0.25, -0.2) is 9.97 Å². The Bertz CT molecular complexity index is 1520. The molecule has 36 heavy (non-hydrogen) atoms. The molecule has 2 aromatic carbocycles. The first-order chi connectivity index (χ1) is 17.3. The third kappa shape index (κ3) is 5.33. The Balaban J connectivity index is 1.27. The zero-order chi connectivity index (χ0) is 25.3. The fourth-order valence-electron chi connectivity index (χ4n) is 3.70. The maximum atomic E-state index is 12.7. The van der Waals surface area contributed by atoms with Crippen molar-refractivity contribution in [3.05, 3.63) is 71.4 Å². The highest BCUT2D eigenvalue weighted by Gasteiger charge is 2.17. The summed E-state index contributed by atoms with van der Waals surface area (Å²) in [6.45, 7) is 8.63. The molecule has 5 aromatic rings. The van der Waals surface area contributed by atoms with Crippen LogP contribution in [0.5, 0.6) is 0 Å². The molecule has 0 saturated carbocycles. The number of carbonyl (C=O) groups excluding carboxylic acids is 1. The molecule has 0 fully saturated rings. The van der Waals surface area contributed by atoms with Crippen LogP contribution in [0.3, 0.4) is 0 Å². The predicted octanol–water partition coefficient (Wildman–Crippen LogP) is 7.21. The van der Waals surface area contributed by atoms with Gasteiger partial charge in [0.2, 0.25) is 11.9 Å². The Morgan fingerprint density at radius 3 is 2.44 bits per heavy atom. The Labute approximate surface area is 222 Å². The SMILES string of the molecule is Cc1ccc(-c2csc3ncnc(SCC(=O)Nc4nsc(-c5ccc(C(C)(C)C)cc5)n4)c23)cc1. The lowest BCUT2D eigenvalue weighted by Gasteiger charge is -2.18. The summed E-state index contributed by atoms with van der Waals surface area (Å²) in [5.74, 6) is 0.347. The lowest BCUT2D eigenvalue weighted by Crippen LogP contribution is -2.15. The van der Waals surface area contributed by atoms with E-state index in [1.807, 2.05) is 0 Å². The molecule has 0 aliphatic heterocycles. The second-order valence-corrected chi connectivity index (χ2v) is 12.0. The summed E-state index contributed by atoms with van der Waals surface area (Å²) in [6, 6.07) is 16.7. The number of amides is 1. The van der Waals surface area contributed by atoms with Gasteiger partial charge in [-0.3, -0.25) is 10.1 Å². The first-order valence-corrected chi connectivity index (χ1v) is 14.1. The maximum Gasteiger partial charge on any atom is 0.241 e. The van der Waals surface area contributed by atoms with Crippen molar-refractivity contribution in [2.45, 2.75) is 38.1 Å². The number of hydrogen-bond acceptors (Lipinski definition) is 8. The number of aryl methyl sites for hydroxylation is 1. The molecule has 3 aromatic heterocycles. The predicted molar refractivity (Wildman–Crippen MR) is 151 cm³/mol. The Kier molecular flexibility index (Phi) is 6.87. The molecule has 0 bridgehead atoms. The number of thioether (sulfide) groups is 1. The first kappa shape index (κ1) is 24.5. The van der Waals surface area contributed by atoms with Gasteiger partial charge in [-0.15, -0.1) is 11.3 Å². The molecule has 1 N–H and O–H groups in total. The summed E-state index contributed by atoms with van der Waals surface area (Å²) in [7, 11) is 0. The second-order valence-electron chi connectivity index (χ2n) is 9.46. The second kappa shape index (κ2) is 10.1. The number of fused-ring (bicyclic) bond motifs is 1. The van der Waals surface area contributed by atoms with Gasteiger partial charge in [0.25, 0.3) is 0 Å². The minimum atomic E-state index is -0.175. The average molecular weight is 532 g/mol. The number of carbonyl (C=O) groups is 1. The molecule has 1 amide bonds. The molecule has 5 rings (SSSR count). The van der Waals surface area contributed by atoms with E-state index in [-0.39, 0.29) is 17.1 Å². The maximum absolute atomic E-state index is 12.7. The van der Waals surface area contributed by atoms with Crippen molar-refractivity contribution < 1.29 is 4.79 Å². The molecule has 0 radical (unpaired) electrons. The summed E-state index contributed by atoms with van der Waals surface area (Å²) >= 11 is 4.25. The van der Waals surface area contributed by atoms with Gasteiger partial charge in [-0.1, -0.05) is 86.6 Å². The fourth-order valence-corrected chi connectivity index (χ4v) is 6.12. The number of nitrogens with zero attached hydrogens (tertiary/aromatic N) is 4.